The average molecular weight is 412 g/mol. The maximum atomic E-state index is 12.7. The summed E-state index contributed by atoms with van der Waals surface area (Å²) in [5, 5.41) is 7.79. The molecule has 7 nitrogen and oxygen atoms in total. The minimum atomic E-state index is -0.371. The highest BCUT2D eigenvalue weighted by Crippen LogP contribution is 2.22. The number of nitrogens with one attached hydrogen (secondary N) is 3. The van der Waals surface area contributed by atoms with E-state index in [9.17, 15) is 4.79 Å². The van der Waals surface area contributed by atoms with Crippen molar-refractivity contribution in [2.45, 2.75) is 26.4 Å². The van der Waals surface area contributed by atoms with Crippen LogP contribution in [0.3, 0.4) is 0 Å². The summed E-state index contributed by atoms with van der Waals surface area (Å²) >= 11 is 0. The van der Waals surface area contributed by atoms with E-state index in [-0.39, 0.29) is 11.7 Å². The first-order valence-corrected chi connectivity index (χ1v) is 10.4. The van der Waals surface area contributed by atoms with E-state index < -0.39 is 0 Å². The first kappa shape index (κ1) is 19.1. The summed E-state index contributed by atoms with van der Waals surface area (Å²) in [7, 11) is 0. The molecule has 2 aromatic carbocycles. The van der Waals surface area contributed by atoms with E-state index in [0.717, 1.165) is 17.5 Å². The van der Waals surface area contributed by atoms with Gasteiger partial charge in [0.05, 0.1) is 0 Å². The molecule has 2 aromatic heterocycles. The number of H-pyrrole nitrogens is 1. The molecule has 3 N–H and O–H groups in total. The summed E-state index contributed by atoms with van der Waals surface area (Å²) in [4.78, 5) is 25.3. The second-order valence-corrected chi connectivity index (χ2v) is 7.85. The minimum Gasteiger partial charge on any atom is -0.361 e. The van der Waals surface area contributed by atoms with Crippen LogP contribution in [0.4, 0.5) is 5.95 Å². The number of hydrogen-bond acceptors (Lipinski definition) is 3. The smallest absolute Gasteiger partial charge is 0.257 e. The molecular formula is C24H24N6O. The number of fused-ring (bicyclic) bond motifs is 2. The molecule has 0 saturated carbocycles. The fourth-order valence-corrected chi connectivity index (χ4v) is 3.97. The van der Waals surface area contributed by atoms with Gasteiger partial charge in [-0.05, 0) is 37.5 Å². The number of aromatic amines is 1. The van der Waals surface area contributed by atoms with E-state index in [0.29, 0.717) is 24.1 Å². The fraction of sp³-hybridized carbons (Fsp3) is 0.208. The largest absolute Gasteiger partial charge is 0.361 e. The van der Waals surface area contributed by atoms with E-state index >= 15 is 0 Å². The van der Waals surface area contributed by atoms with Gasteiger partial charge in [0.15, 0.2) is 5.96 Å². The molecule has 0 amide bonds. The number of guanidine groups is 1. The van der Waals surface area contributed by atoms with Crippen LogP contribution in [0.15, 0.2) is 70.6 Å². The van der Waals surface area contributed by atoms with E-state index in [4.69, 9.17) is 4.99 Å². The maximum absolute atomic E-state index is 12.7. The zero-order chi connectivity index (χ0) is 21.4. The van der Waals surface area contributed by atoms with Gasteiger partial charge in [0.1, 0.15) is 6.17 Å². The molecule has 156 valence electrons. The van der Waals surface area contributed by atoms with Gasteiger partial charge < -0.3 is 10.3 Å². The van der Waals surface area contributed by atoms with Crippen molar-refractivity contribution in [1.82, 2.24) is 19.9 Å². The topological polar surface area (TPSA) is 87.1 Å². The summed E-state index contributed by atoms with van der Waals surface area (Å²) in [5.74, 6) is 1.11. The number of benzene rings is 2. The Labute approximate surface area is 179 Å². The monoisotopic (exact) mass is 412 g/mol. The molecule has 0 spiro atoms. The van der Waals surface area contributed by atoms with E-state index in [2.05, 4.69) is 32.7 Å². The van der Waals surface area contributed by atoms with Crippen LogP contribution in [0.25, 0.3) is 10.9 Å². The second kappa shape index (κ2) is 7.75. The zero-order valence-corrected chi connectivity index (χ0v) is 17.5. The first-order valence-electron chi connectivity index (χ1n) is 10.4. The van der Waals surface area contributed by atoms with Crippen molar-refractivity contribution in [3.63, 3.8) is 0 Å². The molecular weight excluding hydrogens is 388 g/mol. The molecule has 31 heavy (non-hydrogen) atoms. The van der Waals surface area contributed by atoms with Crippen molar-refractivity contribution in [3.05, 3.63) is 93.5 Å². The number of para-hydroxylation sites is 1. The summed E-state index contributed by atoms with van der Waals surface area (Å²) in [6.45, 7) is 4.47. The first-order chi connectivity index (χ1) is 15.1. The Kier molecular flexibility index (Phi) is 4.78. The Morgan fingerprint density at radius 3 is 2.74 bits per heavy atom. The van der Waals surface area contributed by atoms with E-state index in [1.54, 1.807) is 10.6 Å². The third kappa shape index (κ3) is 3.70. The van der Waals surface area contributed by atoms with E-state index in [1.165, 1.54) is 16.5 Å². The van der Waals surface area contributed by atoms with Crippen LogP contribution in [0.5, 0.6) is 0 Å². The lowest BCUT2D eigenvalue weighted by molar-refractivity contribution is 0.515. The van der Waals surface area contributed by atoms with Crippen LogP contribution in [-0.2, 0) is 6.42 Å². The van der Waals surface area contributed by atoms with Gasteiger partial charge in [-0.15, -0.1) is 0 Å². The van der Waals surface area contributed by atoms with Crippen LogP contribution in [0.2, 0.25) is 0 Å². The van der Waals surface area contributed by atoms with Crippen LogP contribution < -0.4 is 16.2 Å². The highest BCUT2D eigenvalue weighted by atomic mass is 16.1. The predicted octanol–water partition coefficient (Wildman–Crippen LogP) is 3.50. The molecule has 1 atom stereocenters. The van der Waals surface area contributed by atoms with Gasteiger partial charge in [0, 0.05) is 35.4 Å². The molecule has 0 bridgehead atoms. The molecule has 1 aliphatic rings. The molecule has 0 radical (unpaired) electrons. The van der Waals surface area contributed by atoms with Crippen molar-refractivity contribution in [2.24, 2.45) is 4.99 Å². The Bertz CT molecular complexity index is 1330. The Morgan fingerprint density at radius 2 is 1.90 bits per heavy atom. The maximum Gasteiger partial charge on any atom is 0.257 e. The van der Waals surface area contributed by atoms with Crippen molar-refractivity contribution in [1.29, 1.82) is 0 Å². The standard InChI is InChI=1S/C24H24N6O/c1-15-7-9-17(10-8-15)22-28-23(29-24-27-16(2)13-21(31)30(22)24)25-12-11-18-14-26-20-6-4-3-5-19(18)20/h3-10,13-14,22,26H,11-12H2,1-2H3,(H2,25,27,28,29)/t22-/m0/s1. The average Bonchev–Trinajstić information content (AvgIpc) is 3.16. The zero-order valence-electron chi connectivity index (χ0n) is 17.5. The van der Waals surface area contributed by atoms with Crippen molar-refractivity contribution < 1.29 is 0 Å². The van der Waals surface area contributed by atoms with Crippen LogP contribution in [0.1, 0.15) is 28.6 Å². The molecule has 4 aromatic rings. The molecule has 5 rings (SSSR count). The number of nitrogens with zero attached hydrogens (tertiary/aromatic N) is 3. The van der Waals surface area contributed by atoms with Crippen LogP contribution in [-0.4, -0.2) is 27.0 Å². The highest BCUT2D eigenvalue weighted by Gasteiger charge is 2.26. The molecule has 0 saturated heterocycles. The number of aromatic nitrogens is 3. The van der Waals surface area contributed by atoms with Crippen molar-refractivity contribution in [2.75, 3.05) is 11.9 Å². The third-order valence-corrected chi connectivity index (χ3v) is 5.56. The third-order valence-electron chi connectivity index (χ3n) is 5.56. The lowest BCUT2D eigenvalue weighted by Gasteiger charge is -2.31. The molecule has 7 heteroatoms. The van der Waals surface area contributed by atoms with Gasteiger partial charge in [-0.25, -0.2) is 4.98 Å². The Hall–Kier alpha value is -3.87. The summed E-state index contributed by atoms with van der Waals surface area (Å²) in [5.41, 5.74) is 5.07. The minimum absolute atomic E-state index is 0.106. The Morgan fingerprint density at radius 1 is 1.10 bits per heavy atom. The van der Waals surface area contributed by atoms with Crippen LogP contribution >= 0.6 is 0 Å². The molecule has 1 aliphatic heterocycles. The van der Waals surface area contributed by atoms with Gasteiger partial charge in [0.25, 0.3) is 5.56 Å². The van der Waals surface area contributed by atoms with Gasteiger partial charge in [-0.2, -0.15) is 0 Å². The highest BCUT2D eigenvalue weighted by molar-refractivity contribution is 5.93. The molecule has 0 unspecified atom stereocenters. The lowest BCUT2D eigenvalue weighted by atomic mass is 10.1. The normalized spacial score (nSPS) is 16.7. The number of anilines is 1. The molecule has 0 fully saturated rings. The van der Waals surface area contributed by atoms with Crippen molar-refractivity contribution >= 4 is 22.8 Å². The summed E-state index contributed by atoms with van der Waals surface area (Å²) < 4.78 is 1.64. The molecule has 0 aliphatic carbocycles. The number of hydrogen-bond donors (Lipinski definition) is 3. The predicted molar refractivity (Wildman–Crippen MR) is 124 cm³/mol. The van der Waals surface area contributed by atoms with Gasteiger partial charge in [-0.1, -0.05) is 48.0 Å². The summed E-state index contributed by atoms with van der Waals surface area (Å²) in [6.07, 6.45) is 2.48. The quantitative estimate of drug-likeness (QED) is 0.479. The van der Waals surface area contributed by atoms with Gasteiger partial charge in [0.2, 0.25) is 5.95 Å². The second-order valence-electron chi connectivity index (χ2n) is 7.85. The van der Waals surface area contributed by atoms with E-state index in [1.807, 2.05) is 56.4 Å². The molecule has 3 heterocycles. The van der Waals surface area contributed by atoms with Gasteiger partial charge >= 0.3 is 0 Å². The fourth-order valence-electron chi connectivity index (χ4n) is 3.97. The number of aliphatic imine (C=N–C) groups is 1. The van der Waals surface area contributed by atoms with Gasteiger partial charge in [-0.3, -0.25) is 19.7 Å². The SMILES string of the molecule is Cc1ccc([C@H]2NC(=NCCc3c[nH]c4ccccc34)Nc3nc(C)cc(=O)n32)cc1. The Balaban J connectivity index is 1.44. The van der Waals surface area contributed by atoms with Crippen LogP contribution in [0, 0.1) is 13.8 Å². The summed E-state index contributed by atoms with van der Waals surface area (Å²) in [6, 6.07) is 17.9. The lowest BCUT2D eigenvalue weighted by Crippen LogP contribution is -2.48. The number of rotatable bonds is 4. The van der Waals surface area contributed by atoms with Crippen molar-refractivity contribution in [3.8, 4) is 0 Å². The number of aryl methyl sites for hydroxylation is 2.